The van der Waals surface area contributed by atoms with Crippen LogP contribution < -0.4 is 10.5 Å². The zero-order chi connectivity index (χ0) is 14.5. The summed E-state index contributed by atoms with van der Waals surface area (Å²) in [6.07, 6.45) is -0.248. The minimum absolute atomic E-state index is 0.140. The van der Waals surface area contributed by atoms with Gasteiger partial charge in [-0.1, -0.05) is 0 Å². The molecule has 3 N–H and O–H groups in total. The minimum atomic E-state index is -3.70. The first-order chi connectivity index (χ1) is 8.88. The molecule has 0 bridgehead atoms. The monoisotopic (exact) mass is 283 g/mol. The number of nitrogens with zero attached hydrogens (tertiary/aromatic N) is 1. The van der Waals surface area contributed by atoms with E-state index in [0.717, 1.165) is 0 Å². The summed E-state index contributed by atoms with van der Waals surface area (Å²) in [5.41, 5.74) is 6.26. The fraction of sp³-hybridized carbons (Fsp3) is 0.273. The molecule has 8 heteroatoms. The number of nitriles is 1. The molecule has 19 heavy (non-hydrogen) atoms. The third kappa shape index (κ3) is 4.48. The van der Waals surface area contributed by atoms with E-state index in [4.69, 9.17) is 11.0 Å². The van der Waals surface area contributed by atoms with Gasteiger partial charge in [-0.25, -0.2) is 8.42 Å². The van der Waals surface area contributed by atoms with Gasteiger partial charge in [-0.3, -0.25) is 9.52 Å². The molecular formula is C11H13N3O4S. The van der Waals surface area contributed by atoms with Crippen LogP contribution in [0, 0.1) is 11.3 Å². The summed E-state index contributed by atoms with van der Waals surface area (Å²) in [6, 6.07) is 6.08. The number of anilines is 2. The van der Waals surface area contributed by atoms with E-state index in [2.05, 4.69) is 9.46 Å². The third-order valence-electron chi connectivity index (χ3n) is 2.25. The van der Waals surface area contributed by atoms with Crippen molar-refractivity contribution < 1.29 is 17.9 Å². The van der Waals surface area contributed by atoms with Crippen molar-refractivity contribution in [3.05, 3.63) is 23.8 Å². The summed E-state index contributed by atoms with van der Waals surface area (Å²) < 4.78 is 30.0. The lowest BCUT2D eigenvalue weighted by atomic mass is 10.2. The number of hydrogen-bond donors (Lipinski definition) is 2. The maximum atomic E-state index is 11.7. The van der Waals surface area contributed by atoms with Crippen LogP contribution in [0.2, 0.25) is 0 Å². The van der Waals surface area contributed by atoms with Crippen LogP contribution in [0.4, 0.5) is 11.4 Å². The average molecular weight is 283 g/mol. The predicted octanol–water partition coefficient (Wildman–Crippen LogP) is 0.445. The van der Waals surface area contributed by atoms with Crippen LogP contribution in [0.1, 0.15) is 12.0 Å². The van der Waals surface area contributed by atoms with Crippen molar-refractivity contribution in [2.45, 2.75) is 6.42 Å². The van der Waals surface area contributed by atoms with E-state index in [1.54, 1.807) is 0 Å². The molecule has 102 valence electrons. The lowest BCUT2D eigenvalue weighted by molar-refractivity contribution is -0.140. The van der Waals surface area contributed by atoms with Gasteiger partial charge in [-0.15, -0.1) is 0 Å². The number of rotatable bonds is 5. The highest BCUT2D eigenvalue weighted by atomic mass is 32.2. The molecule has 0 heterocycles. The lowest BCUT2D eigenvalue weighted by Crippen LogP contribution is -2.20. The molecule has 0 atom stereocenters. The second kappa shape index (κ2) is 6.06. The Hall–Kier alpha value is -2.27. The Kier molecular flexibility index (Phi) is 4.72. The van der Waals surface area contributed by atoms with E-state index >= 15 is 0 Å². The molecule has 0 saturated carbocycles. The number of sulfonamides is 1. The number of esters is 1. The highest BCUT2D eigenvalue weighted by molar-refractivity contribution is 7.92. The Morgan fingerprint density at radius 2 is 2.21 bits per heavy atom. The minimum Gasteiger partial charge on any atom is -0.469 e. The maximum absolute atomic E-state index is 11.7. The van der Waals surface area contributed by atoms with E-state index in [0.29, 0.717) is 5.56 Å². The van der Waals surface area contributed by atoms with E-state index in [1.165, 1.54) is 25.3 Å². The number of carbonyl (C=O) groups excluding carboxylic acids is 1. The van der Waals surface area contributed by atoms with Crippen molar-refractivity contribution >= 4 is 27.4 Å². The molecule has 0 spiro atoms. The SMILES string of the molecule is COC(=O)CCS(=O)(=O)Nc1ccc(C#N)cc1N. The molecule has 0 saturated heterocycles. The fourth-order valence-corrected chi connectivity index (χ4v) is 2.32. The zero-order valence-corrected chi connectivity index (χ0v) is 11.0. The highest BCUT2D eigenvalue weighted by Gasteiger charge is 2.15. The van der Waals surface area contributed by atoms with E-state index in [9.17, 15) is 13.2 Å². The number of nitrogen functional groups attached to an aromatic ring is 1. The summed E-state index contributed by atoms with van der Waals surface area (Å²) in [5.74, 6) is -1.02. The van der Waals surface area contributed by atoms with Gasteiger partial charge in [0.05, 0.1) is 42.3 Å². The quantitative estimate of drug-likeness (QED) is 0.597. The van der Waals surface area contributed by atoms with Gasteiger partial charge in [0.15, 0.2) is 0 Å². The van der Waals surface area contributed by atoms with Crippen LogP contribution >= 0.6 is 0 Å². The first-order valence-corrected chi connectivity index (χ1v) is 6.90. The second-order valence-corrected chi connectivity index (χ2v) is 5.50. The summed E-state index contributed by atoms with van der Waals surface area (Å²) in [7, 11) is -2.51. The molecule has 0 amide bonds. The molecule has 0 unspecified atom stereocenters. The van der Waals surface area contributed by atoms with Crippen molar-refractivity contribution in [3.8, 4) is 6.07 Å². The summed E-state index contributed by atoms with van der Waals surface area (Å²) in [6.45, 7) is 0. The standard InChI is InChI=1S/C11H13N3O4S/c1-18-11(15)4-5-19(16,17)14-10-3-2-8(7-12)6-9(10)13/h2-3,6,14H,4-5,13H2,1H3. The van der Waals surface area contributed by atoms with Gasteiger partial charge in [-0.05, 0) is 18.2 Å². The van der Waals surface area contributed by atoms with E-state index in [1.807, 2.05) is 6.07 Å². The molecule has 0 aromatic heterocycles. The highest BCUT2D eigenvalue weighted by Crippen LogP contribution is 2.20. The summed E-state index contributed by atoms with van der Waals surface area (Å²) >= 11 is 0. The van der Waals surface area contributed by atoms with Crippen molar-refractivity contribution in [3.63, 3.8) is 0 Å². The molecule has 0 aliphatic carbocycles. The Morgan fingerprint density at radius 1 is 1.53 bits per heavy atom. The molecule has 0 fully saturated rings. The second-order valence-electron chi connectivity index (χ2n) is 3.66. The van der Waals surface area contributed by atoms with Crippen LogP contribution in [-0.4, -0.2) is 27.2 Å². The summed E-state index contributed by atoms with van der Waals surface area (Å²) in [4.78, 5) is 10.9. The number of nitrogens with one attached hydrogen (secondary N) is 1. The van der Waals surface area contributed by atoms with Gasteiger partial charge in [0, 0.05) is 0 Å². The van der Waals surface area contributed by atoms with Crippen molar-refractivity contribution in [1.82, 2.24) is 0 Å². The Balaban J connectivity index is 2.79. The molecule has 7 nitrogen and oxygen atoms in total. The van der Waals surface area contributed by atoms with Crippen LogP contribution in [0.5, 0.6) is 0 Å². The molecule has 1 aromatic rings. The van der Waals surface area contributed by atoms with Crippen LogP contribution in [0.25, 0.3) is 0 Å². The van der Waals surface area contributed by atoms with Crippen molar-refractivity contribution in [2.75, 3.05) is 23.3 Å². The molecule has 1 aromatic carbocycles. The maximum Gasteiger partial charge on any atom is 0.306 e. The van der Waals surface area contributed by atoms with Crippen molar-refractivity contribution in [2.24, 2.45) is 0 Å². The van der Waals surface area contributed by atoms with Gasteiger partial charge in [0.25, 0.3) is 0 Å². The number of hydrogen-bond acceptors (Lipinski definition) is 6. The number of methoxy groups -OCH3 is 1. The van der Waals surface area contributed by atoms with Gasteiger partial charge >= 0.3 is 5.97 Å². The first-order valence-electron chi connectivity index (χ1n) is 5.25. The number of carbonyl (C=O) groups is 1. The smallest absolute Gasteiger partial charge is 0.306 e. The van der Waals surface area contributed by atoms with Crippen LogP contribution in [0.3, 0.4) is 0 Å². The number of benzene rings is 1. The molecule has 0 radical (unpaired) electrons. The van der Waals surface area contributed by atoms with Gasteiger partial charge < -0.3 is 10.5 Å². The number of nitrogens with two attached hydrogens (primary N) is 1. The number of ether oxygens (including phenoxy) is 1. The molecule has 1 rings (SSSR count). The van der Waals surface area contributed by atoms with Crippen molar-refractivity contribution in [1.29, 1.82) is 5.26 Å². The lowest BCUT2D eigenvalue weighted by Gasteiger charge is -2.09. The van der Waals surface area contributed by atoms with Gasteiger partial charge in [-0.2, -0.15) is 5.26 Å². The van der Waals surface area contributed by atoms with Gasteiger partial charge in [0.1, 0.15) is 0 Å². The Bertz CT molecular complexity index is 619. The van der Waals surface area contributed by atoms with Gasteiger partial charge in [0.2, 0.25) is 10.0 Å². The molecular weight excluding hydrogens is 270 g/mol. The summed E-state index contributed by atoms with van der Waals surface area (Å²) in [5, 5.41) is 8.66. The molecule has 0 aliphatic rings. The van der Waals surface area contributed by atoms with E-state index in [-0.39, 0.29) is 17.8 Å². The predicted molar refractivity (Wildman–Crippen MR) is 69.6 cm³/mol. The van der Waals surface area contributed by atoms with E-state index < -0.39 is 21.7 Å². The Morgan fingerprint density at radius 3 is 2.74 bits per heavy atom. The molecule has 0 aliphatic heterocycles. The van der Waals surface area contributed by atoms with Crippen LogP contribution in [0.15, 0.2) is 18.2 Å². The largest absolute Gasteiger partial charge is 0.469 e. The Labute approximate surface area is 111 Å². The zero-order valence-electron chi connectivity index (χ0n) is 10.2. The average Bonchev–Trinajstić information content (AvgIpc) is 2.38. The topological polar surface area (TPSA) is 122 Å². The first kappa shape index (κ1) is 14.8. The fourth-order valence-electron chi connectivity index (χ4n) is 1.26. The normalized spacial score (nSPS) is 10.5. The third-order valence-corrected chi connectivity index (χ3v) is 3.52. The van der Waals surface area contributed by atoms with Crippen LogP contribution in [-0.2, 0) is 19.6 Å².